The van der Waals surface area contributed by atoms with Crippen molar-refractivity contribution < 1.29 is 28.7 Å². The molecule has 2 amide bonds. The average molecular weight is 415 g/mol. The summed E-state index contributed by atoms with van der Waals surface area (Å²) in [4.78, 5) is 47.9. The van der Waals surface area contributed by atoms with Crippen molar-refractivity contribution in [2.75, 3.05) is 13.2 Å². The van der Waals surface area contributed by atoms with Crippen LogP contribution in [0.3, 0.4) is 0 Å². The Labute approximate surface area is 176 Å². The fourth-order valence-electron chi connectivity index (χ4n) is 4.22. The van der Waals surface area contributed by atoms with Crippen molar-refractivity contribution in [3.05, 3.63) is 35.4 Å². The molecule has 0 unspecified atom stereocenters. The molecule has 7 nitrogen and oxygen atoms in total. The number of nitrogens with zero attached hydrogens (tertiary/aromatic N) is 1. The van der Waals surface area contributed by atoms with Crippen LogP contribution in [0.2, 0.25) is 0 Å². The summed E-state index contributed by atoms with van der Waals surface area (Å²) in [7, 11) is 0. The SMILES string of the molecule is CC(=O)O[C@H]1CCC[C@@H]1Cc1ccc([C@H](C)C(=O)OCCN2C(=O)CCC2=O)cc1. The van der Waals surface area contributed by atoms with Gasteiger partial charge in [-0.1, -0.05) is 24.3 Å². The molecule has 0 spiro atoms. The Balaban J connectivity index is 1.48. The second-order valence-corrected chi connectivity index (χ2v) is 8.11. The molecular weight excluding hydrogens is 386 g/mol. The van der Waals surface area contributed by atoms with E-state index in [1.807, 2.05) is 24.3 Å². The molecule has 0 aromatic heterocycles. The van der Waals surface area contributed by atoms with Gasteiger partial charge in [-0.05, 0) is 49.7 Å². The summed E-state index contributed by atoms with van der Waals surface area (Å²) < 4.78 is 10.7. The Morgan fingerprint density at radius 1 is 1.10 bits per heavy atom. The highest BCUT2D eigenvalue weighted by Gasteiger charge is 2.30. The van der Waals surface area contributed by atoms with Gasteiger partial charge in [0.25, 0.3) is 0 Å². The number of esters is 2. The van der Waals surface area contributed by atoms with Gasteiger partial charge >= 0.3 is 11.9 Å². The predicted molar refractivity (Wildman–Crippen MR) is 108 cm³/mol. The second kappa shape index (κ2) is 9.87. The lowest BCUT2D eigenvalue weighted by Gasteiger charge is -2.20. The topological polar surface area (TPSA) is 90.0 Å². The van der Waals surface area contributed by atoms with Gasteiger partial charge in [0.15, 0.2) is 0 Å². The molecule has 2 fully saturated rings. The maximum Gasteiger partial charge on any atom is 0.313 e. The van der Waals surface area contributed by atoms with E-state index >= 15 is 0 Å². The van der Waals surface area contributed by atoms with Gasteiger partial charge in [-0.25, -0.2) is 0 Å². The number of hydrogen-bond acceptors (Lipinski definition) is 6. The maximum absolute atomic E-state index is 12.3. The van der Waals surface area contributed by atoms with Crippen LogP contribution in [0.5, 0.6) is 0 Å². The number of ether oxygens (including phenoxy) is 2. The number of benzene rings is 1. The number of hydrogen-bond donors (Lipinski definition) is 0. The van der Waals surface area contributed by atoms with Gasteiger partial charge in [-0.15, -0.1) is 0 Å². The van der Waals surface area contributed by atoms with Gasteiger partial charge in [0.2, 0.25) is 11.8 Å². The molecule has 7 heteroatoms. The van der Waals surface area contributed by atoms with Gasteiger partial charge in [0.05, 0.1) is 12.5 Å². The third-order valence-corrected chi connectivity index (χ3v) is 5.95. The van der Waals surface area contributed by atoms with Gasteiger partial charge in [0, 0.05) is 19.8 Å². The van der Waals surface area contributed by atoms with Crippen molar-refractivity contribution in [3.63, 3.8) is 0 Å². The van der Waals surface area contributed by atoms with E-state index in [-0.39, 0.29) is 55.9 Å². The van der Waals surface area contributed by atoms with Crippen LogP contribution < -0.4 is 0 Å². The van der Waals surface area contributed by atoms with Crippen LogP contribution in [0, 0.1) is 5.92 Å². The van der Waals surface area contributed by atoms with Crippen LogP contribution in [0.4, 0.5) is 0 Å². The molecule has 30 heavy (non-hydrogen) atoms. The first kappa shape index (κ1) is 22.0. The Morgan fingerprint density at radius 3 is 2.40 bits per heavy atom. The molecule has 1 heterocycles. The zero-order valence-electron chi connectivity index (χ0n) is 17.6. The standard InChI is InChI=1S/C23H29NO6/c1-15(23(28)29-13-12-24-21(26)10-11-22(24)27)18-8-6-17(7-9-18)14-19-4-3-5-20(19)30-16(2)25/h6-9,15,19-20H,3-5,10-14H2,1-2H3/t15-,19+,20-/m0/s1. The number of rotatable bonds is 8. The van der Waals surface area contributed by atoms with Gasteiger partial charge < -0.3 is 9.47 Å². The molecule has 3 rings (SSSR count). The fraction of sp³-hybridized carbons (Fsp3) is 0.565. The van der Waals surface area contributed by atoms with Gasteiger partial charge in [-0.3, -0.25) is 24.1 Å². The fourth-order valence-corrected chi connectivity index (χ4v) is 4.22. The molecule has 0 bridgehead atoms. The highest BCUT2D eigenvalue weighted by Crippen LogP contribution is 2.31. The summed E-state index contributed by atoms with van der Waals surface area (Å²) in [5.74, 6) is -1.14. The quantitative estimate of drug-likeness (QED) is 0.479. The van der Waals surface area contributed by atoms with Crippen LogP contribution in [0.1, 0.15) is 63.0 Å². The summed E-state index contributed by atoms with van der Waals surface area (Å²) in [6.45, 7) is 3.35. The highest BCUT2D eigenvalue weighted by molar-refractivity contribution is 6.01. The van der Waals surface area contributed by atoms with Crippen LogP contribution in [0.15, 0.2) is 24.3 Å². The zero-order valence-corrected chi connectivity index (χ0v) is 17.6. The minimum Gasteiger partial charge on any atom is -0.463 e. The average Bonchev–Trinajstić information content (AvgIpc) is 3.28. The van der Waals surface area contributed by atoms with E-state index in [0.717, 1.165) is 41.7 Å². The third-order valence-electron chi connectivity index (χ3n) is 5.95. The Bertz CT molecular complexity index is 786. The second-order valence-electron chi connectivity index (χ2n) is 8.11. The van der Waals surface area contributed by atoms with Crippen LogP contribution >= 0.6 is 0 Å². The van der Waals surface area contributed by atoms with Crippen LogP contribution in [0.25, 0.3) is 0 Å². The molecule has 1 aliphatic carbocycles. The van der Waals surface area contributed by atoms with Crippen molar-refractivity contribution in [2.24, 2.45) is 5.92 Å². The van der Waals surface area contributed by atoms with Crippen molar-refractivity contribution in [2.45, 2.75) is 64.4 Å². The smallest absolute Gasteiger partial charge is 0.313 e. The zero-order chi connectivity index (χ0) is 21.7. The summed E-state index contributed by atoms with van der Waals surface area (Å²) >= 11 is 0. The summed E-state index contributed by atoms with van der Waals surface area (Å²) in [6, 6.07) is 7.85. The van der Waals surface area contributed by atoms with E-state index in [1.165, 1.54) is 6.92 Å². The van der Waals surface area contributed by atoms with Crippen molar-refractivity contribution in [1.82, 2.24) is 4.90 Å². The van der Waals surface area contributed by atoms with E-state index in [0.29, 0.717) is 5.92 Å². The molecule has 1 saturated heterocycles. The monoisotopic (exact) mass is 415 g/mol. The molecular formula is C23H29NO6. The maximum atomic E-state index is 12.3. The molecule has 2 aliphatic rings. The minimum absolute atomic E-state index is 0.00884. The number of imide groups is 1. The van der Waals surface area contributed by atoms with Gasteiger partial charge in [-0.2, -0.15) is 0 Å². The normalized spacial score (nSPS) is 22.3. The molecule has 1 saturated carbocycles. The van der Waals surface area contributed by atoms with E-state index < -0.39 is 5.92 Å². The molecule has 1 aliphatic heterocycles. The number of carbonyl (C=O) groups is 4. The van der Waals surface area contributed by atoms with E-state index in [9.17, 15) is 19.2 Å². The Hall–Kier alpha value is -2.70. The van der Waals surface area contributed by atoms with E-state index in [1.54, 1.807) is 6.92 Å². The number of carbonyl (C=O) groups excluding carboxylic acids is 4. The lowest BCUT2D eigenvalue weighted by molar-refractivity contribution is -0.149. The van der Waals surface area contributed by atoms with Gasteiger partial charge in [0.1, 0.15) is 12.7 Å². The van der Waals surface area contributed by atoms with Crippen molar-refractivity contribution >= 4 is 23.8 Å². The first-order valence-electron chi connectivity index (χ1n) is 10.6. The molecule has 3 atom stereocenters. The first-order valence-corrected chi connectivity index (χ1v) is 10.6. The largest absolute Gasteiger partial charge is 0.463 e. The number of likely N-dealkylation sites (tertiary alicyclic amines) is 1. The Kier molecular flexibility index (Phi) is 7.24. The summed E-state index contributed by atoms with van der Waals surface area (Å²) in [6.07, 6.45) is 4.33. The lowest BCUT2D eigenvalue weighted by atomic mass is 9.93. The van der Waals surface area contributed by atoms with E-state index in [4.69, 9.17) is 9.47 Å². The van der Waals surface area contributed by atoms with Crippen LogP contribution in [-0.4, -0.2) is 47.9 Å². The molecule has 0 radical (unpaired) electrons. The van der Waals surface area contributed by atoms with Crippen molar-refractivity contribution in [3.8, 4) is 0 Å². The minimum atomic E-state index is -0.440. The summed E-state index contributed by atoms with van der Waals surface area (Å²) in [5, 5.41) is 0. The lowest BCUT2D eigenvalue weighted by Crippen LogP contribution is -2.33. The molecule has 162 valence electrons. The molecule has 1 aromatic rings. The number of amides is 2. The predicted octanol–water partition coefficient (Wildman–Crippen LogP) is 2.76. The van der Waals surface area contributed by atoms with Crippen LogP contribution in [-0.2, 0) is 35.1 Å². The third kappa shape index (κ3) is 5.46. The highest BCUT2D eigenvalue weighted by atomic mass is 16.5. The summed E-state index contributed by atoms with van der Waals surface area (Å²) in [5.41, 5.74) is 1.99. The molecule has 1 aromatic carbocycles. The van der Waals surface area contributed by atoms with E-state index in [2.05, 4.69) is 0 Å². The first-order chi connectivity index (χ1) is 14.3. The Morgan fingerprint density at radius 2 is 1.77 bits per heavy atom. The van der Waals surface area contributed by atoms with Crippen molar-refractivity contribution in [1.29, 1.82) is 0 Å². The molecule has 0 N–H and O–H groups in total.